The van der Waals surface area contributed by atoms with Crippen LogP contribution in [0.2, 0.25) is 0 Å². The zero-order valence-corrected chi connectivity index (χ0v) is 13.0. The van der Waals surface area contributed by atoms with Gasteiger partial charge in [-0.2, -0.15) is 0 Å². The van der Waals surface area contributed by atoms with Gasteiger partial charge < -0.3 is 10.5 Å². The average molecular weight is 276 g/mol. The minimum atomic E-state index is 0.304. The first-order valence-corrected chi connectivity index (χ1v) is 7.84. The molecule has 3 nitrogen and oxygen atoms in total. The quantitative estimate of drug-likeness (QED) is 0.897. The molecule has 3 unspecified atom stereocenters. The molecule has 0 radical (unpaired) electrons. The van der Waals surface area contributed by atoms with E-state index in [4.69, 9.17) is 10.5 Å². The van der Waals surface area contributed by atoms with E-state index in [9.17, 15) is 0 Å². The monoisotopic (exact) mass is 276 g/mol. The molecule has 0 amide bonds. The Morgan fingerprint density at radius 1 is 1.35 bits per heavy atom. The van der Waals surface area contributed by atoms with E-state index in [-0.39, 0.29) is 0 Å². The highest BCUT2D eigenvalue weighted by Gasteiger charge is 2.26. The molecule has 1 aliphatic heterocycles. The Kier molecular flexibility index (Phi) is 5.44. The van der Waals surface area contributed by atoms with E-state index in [1.54, 1.807) is 0 Å². The van der Waals surface area contributed by atoms with Crippen molar-refractivity contribution in [3.05, 3.63) is 29.8 Å². The number of nitrogens with two attached hydrogens (primary N) is 1. The summed E-state index contributed by atoms with van der Waals surface area (Å²) in [6, 6.07) is 9.24. The van der Waals surface area contributed by atoms with Crippen molar-refractivity contribution in [1.29, 1.82) is 0 Å². The Balaban J connectivity index is 1.96. The van der Waals surface area contributed by atoms with Crippen molar-refractivity contribution in [2.24, 2.45) is 11.7 Å². The van der Waals surface area contributed by atoms with E-state index in [0.717, 1.165) is 31.9 Å². The molecule has 112 valence electrons. The zero-order valence-electron chi connectivity index (χ0n) is 13.0. The molecule has 1 heterocycles. The van der Waals surface area contributed by atoms with Gasteiger partial charge in [-0.05, 0) is 49.9 Å². The highest BCUT2D eigenvalue weighted by Crippen LogP contribution is 2.27. The summed E-state index contributed by atoms with van der Waals surface area (Å²) in [6.45, 7) is 9.57. The van der Waals surface area contributed by atoms with Crippen LogP contribution in [0.3, 0.4) is 0 Å². The van der Waals surface area contributed by atoms with Gasteiger partial charge in [0.05, 0.1) is 6.61 Å². The molecule has 3 heteroatoms. The van der Waals surface area contributed by atoms with Crippen LogP contribution < -0.4 is 10.5 Å². The van der Waals surface area contributed by atoms with E-state index < -0.39 is 0 Å². The summed E-state index contributed by atoms with van der Waals surface area (Å²) < 4.78 is 5.63. The largest absolute Gasteiger partial charge is 0.494 e. The van der Waals surface area contributed by atoms with Gasteiger partial charge in [0.15, 0.2) is 0 Å². The highest BCUT2D eigenvalue weighted by molar-refractivity contribution is 5.29. The lowest BCUT2D eigenvalue weighted by molar-refractivity contribution is 0.128. The van der Waals surface area contributed by atoms with Crippen molar-refractivity contribution in [3.63, 3.8) is 0 Å². The molecular weight excluding hydrogens is 248 g/mol. The SMILES string of the molecule is CCCOc1ccc(C(C)N2CCC(C)C(N)C2)cc1. The zero-order chi connectivity index (χ0) is 14.5. The number of piperidine rings is 1. The van der Waals surface area contributed by atoms with Gasteiger partial charge in [-0.1, -0.05) is 26.0 Å². The fourth-order valence-electron chi connectivity index (χ4n) is 2.75. The molecule has 0 bridgehead atoms. The van der Waals surface area contributed by atoms with Gasteiger partial charge in [0.25, 0.3) is 0 Å². The number of benzene rings is 1. The standard InChI is InChI=1S/C17H28N2O/c1-4-11-20-16-7-5-15(6-8-16)14(3)19-10-9-13(2)17(18)12-19/h5-8,13-14,17H,4,9-12,18H2,1-3H3. The first-order chi connectivity index (χ1) is 9.61. The molecule has 0 aliphatic carbocycles. The Bertz CT molecular complexity index is 404. The number of hydrogen-bond donors (Lipinski definition) is 1. The molecule has 1 aromatic rings. The van der Waals surface area contributed by atoms with Crippen LogP contribution in [0.15, 0.2) is 24.3 Å². The molecule has 2 rings (SSSR count). The Morgan fingerprint density at radius 2 is 2.05 bits per heavy atom. The summed E-state index contributed by atoms with van der Waals surface area (Å²) in [5.74, 6) is 1.61. The Labute approximate surface area is 123 Å². The summed E-state index contributed by atoms with van der Waals surface area (Å²) in [7, 11) is 0. The van der Waals surface area contributed by atoms with Crippen LogP contribution in [0.25, 0.3) is 0 Å². The van der Waals surface area contributed by atoms with Gasteiger partial charge in [-0.15, -0.1) is 0 Å². The molecule has 0 saturated carbocycles. The van der Waals surface area contributed by atoms with E-state index in [1.807, 2.05) is 0 Å². The second-order valence-electron chi connectivity index (χ2n) is 6.02. The molecule has 1 saturated heterocycles. The van der Waals surface area contributed by atoms with Crippen molar-refractivity contribution < 1.29 is 4.74 Å². The number of likely N-dealkylation sites (tertiary alicyclic amines) is 1. The predicted molar refractivity (Wildman–Crippen MR) is 84.0 cm³/mol. The maximum atomic E-state index is 6.20. The summed E-state index contributed by atoms with van der Waals surface area (Å²) in [5.41, 5.74) is 7.54. The summed E-state index contributed by atoms with van der Waals surface area (Å²) in [5, 5.41) is 0. The van der Waals surface area contributed by atoms with E-state index in [0.29, 0.717) is 18.0 Å². The van der Waals surface area contributed by atoms with E-state index in [1.165, 1.54) is 12.0 Å². The molecular formula is C17H28N2O. The number of ether oxygens (including phenoxy) is 1. The van der Waals surface area contributed by atoms with E-state index >= 15 is 0 Å². The summed E-state index contributed by atoms with van der Waals surface area (Å²) in [6.07, 6.45) is 2.24. The third-order valence-electron chi connectivity index (χ3n) is 4.43. The normalized spacial score (nSPS) is 25.4. The van der Waals surface area contributed by atoms with Crippen molar-refractivity contribution >= 4 is 0 Å². The third-order valence-corrected chi connectivity index (χ3v) is 4.43. The van der Waals surface area contributed by atoms with Crippen LogP contribution in [0.1, 0.15) is 45.2 Å². The van der Waals surface area contributed by atoms with Gasteiger partial charge >= 0.3 is 0 Å². The maximum Gasteiger partial charge on any atom is 0.119 e. The minimum Gasteiger partial charge on any atom is -0.494 e. The molecule has 0 spiro atoms. The highest BCUT2D eigenvalue weighted by atomic mass is 16.5. The number of nitrogens with zero attached hydrogens (tertiary/aromatic N) is 1. The minimum absolute atomic E-state index is 0.304. The molecule has 3 atom stereocenters. The van der Waals surface area contributed by atoms with Crippen LogP contribution in [0, 0.1) is 5.92 Å². The molecule has 0 aromatic heterocycles. The van der Waals surface area contributed by atoms with Crippen molar-refractivity contribution in [3.8, 4) is 5.75 Å². The lowest BCUT2D eigenvalue weighted by Gasteiger charge is -2.38. The van der Waals surface area contributed by atoms with Crippen molar-refractivity contribution in [1.82, 2.24) is 4.90 Å². The fraction of sp³-hybridized carbons (Fsp3) is 0.647. The van der Waals surface area contributed by atoms with Gasteiger partial charge in [-0.25, -0.2) is 0 Å². The van der Waals surface area contributed by atoms with Crippen molar-refractivity contribution in [2.45, 2.75) is 45.7 Å². The molecule has 1 fully saturated rings. The van der Waals surface area contributed by atoms with Gasteiger partial charge in [0.1, 0.15) is 5.75 Å². The molecule has 20 heavy (non-hydrogen) atoms. The second kappa shape index (κ2) is 7.09. The number of rotatable bonds is 5. The lowest BCUT2D eigenvalue weighted by Crippen LogP contribution is -2.48. The predicted octanol–water partition coefficient (Wildman–Crippen LogP) is 3.21. The van der Waals surface area contributed by atoms with Crippen LogP contribution in [0.5, 0.6) is 5.75 Å². The Morgan fingerprint density at radius 3 is 2.65 bits per heavy atom. The van der Waals surface area contributed by atoms with Crippen LogP contribution in [0.4, 0.5) is 0 Å². The summed E-state index contributed by atoms with van der Waals surface area (Å²) in [4.78, 5) is 2.49. The van der Waals surface area contributed by atoms with Crippen molar-refractivity contribution in [2.75, 3.05) is 19.7 Å². The average Bonchev–Trinajstić information content (AvgIpc) is 2.48. The maximum absolute atomic E-state index is 6.20. The topological polar surface area (TPSA) is 38.5 Å². The molecule has 1 aromatic carbocycles. The van der Waals surface area contributed by atoms with Gasteiger partial charge in [0.2, 0.25) is 0 Å². The fourth-order valence-corrected chi connectivity index (χ4v) is 2.75. The first kappa shape index (κ1) is 15.3. The summed E-state index contributed by atoms with van der Waals surface area (Å²) >= 11 is 0. The van der Waals surface area contributed by atoms with Gasteiger partial charge in [0, 0.05) is 18.6 Å². The molecule has 2 N–H and O–H groups in total. The Hall–Kier alpha value is -1.06. The number of hydrogen-bond acceptors (Lipinski definition) is 3. The van der Waals surface area contributed by atoms with Crippen LogP contribution in [-0.4, -0.2) is 30.6 Å². The molecule has 1 aliphatic rings. The van der Waals surface area contributed by atoms with Gasteiger partial charge in [-0.3, -0.25) is 4.90 Å². The van der Waals surface area contributed by atoms with Crippen LogP contribution in [-0.2, 0) is 0 Å². The first-order valence-electron chi connectivity index (χ1n) is 7.84. The van der Waals surface area contributed by atoms with Crippen LogP contribution >= 0.6 is 0 Å². The van der Waals surface area contributed by atoms with E-state index in [2.05, 4.69) is 49.9 Å². The lowest BCUT2D eigenvalue weighted by atomic mass is 9.92. The third kappa shape index (κ3) is 3.74. The second-order valence-corrected chi connectivity index (χ2v) is 6.02. The smallest absolute Gasteiger partial charge is 0.119 e.